The Morgan fingerprint density at radius 3 is 2.93 bits per heavy atom. The smallest absolute Gasteiger partial charge is 0.184 e. The van der Waals surface area contributed by atoms with Crippen molar-refractivity contribution in [3.63, 3.8) is 0 Å². The van der Waals surface area contributed by atoms with Gasteiger partial charge in [-0.15, -0.1) is 0 Å². The van der Waals surface area contributed by atoms with E-state index in [1.807, 2.05) is 24.3 Å². The summed E-state index contributed by atoms with van der Waals surface area (Å²) in [6.07, 6.45) is -0.169. The van der Waals surface area contributed by atoms with Gasteiger partial charge in [-0.3, -0.25) is 5.32 Å². The zero-order valence-corrected chi connectivity index (χ0v) is 7.77. The number of hydrogen-bond donors (Lipinski definition) is 2. The fraction of sp³-hybridized carbons (Fsp3) is 0.400. The monoisotopic (exact) mass is 195 g/mol. The summed E-state index contributed by atoms with van der Waals surface area (Å²) in [4.78, 5) is 0. The molecule has 2 rings (SSSR count). The number of rotatable bonds is 3. The summed E-state index contributed by atoms with van der Waals surface area (Å²) >= 11 is 0. The molecule has 0 radical (unpaired) electrons. The Kier molecular flexibility index (Phi) is 2.86. The molecule has 4 heteroatoms. The van der Waals surface area contributed by atoms with E-state index in [2.05, 4.69) is 5.32 Å². The van der Waals surface area contributed by atoms with E-state index < -0.39 is 0 Å². The predicted molar refractivity (Wildman–Crippen MR) is 51.4 cm³/mol. The minimum atomic E-state index is -0.169. The molecule has 0 bridgehead atoms. The number of benzene rings is 1. The van der Waals surface area contributed by atoms with Crippen LogP contribution < -0.4 is 14.8 Å². The van der Waals surface area contributed by atoms with Gasteiger partial charge in [0, 0.05) is 6.54 Å². The zero-order valence-electron chi connectivity index (χ0n) is 7.77. The second-order valence-corrected chi connectivity index (χ2v) is 3.04. The van der Waals surface area contributed by atoms with E-state index in [0.717, 1.165) is 11.5 Å². The van der Waals surface area contributed by atoms with E-state index in [-0.39, 0.29) is 12.8 Å². The molecule has 0 aliphatic carbocycles. The zero-order chi connectivity index (χ0) is 9.80. The third-order valence-electron chi connectivity index (χ3n) is 1.99. The molecular formula is C10H13NO3. The third kappa shape index (κ3) is 1.97. The molecule has 2 N–H and O–H groups in total. The van der Waals surface area contributed by atoms with Crippen molar-refractivity contribution in [2.45, 2.75) is 6.23 Å². The van der Waals surface area contributed by atoms with Gasteiger partial charge in [0.25, 0.3) is 0 Å². The molecule has 0 aromatic heterocycles. The molecule has 4 nitrogen and oxygen atoms in total. The lowest BCUT2D eigenvalue weighted by atomic mass is 10.3. The molecule has 1 aliphatic heterocycles. The van der Waals surface area contributed by atoms with Gasteiger partial charge in [-0.05, 0) is 12.1 Å². The molecule has 1 aromatic carbocycles. The number of fused-ring (bicyclic) bond motifs is 1. The van der Waals surface area contributed by atoms with E-state index in [1.54, 1.807) is 0 Å². The normalized spacial score (nSPS) is 19.4. The van der Waals surface area contributed by atoms with Gasteiger partial charge in [-0.25, -0.2) is 0 Å². The van der Waals surface area contributed by atoms with Crippen LogP contribution in [-0.2, 0) is 0 Å². The van der Waals surface area contributed by atoms with Crippen LogP contribution in [0.1, 0.15) is 0 Å². The molecule has 1 aromatic rings. The summed E-state index contributed by atoms with van der Waals surface area (Å²) < 4.78 is 11.1. The standard InChI is InChI=1S/C10H13NO3/c12-6-5-11-10-7-13-8-3-1-2-4-9(8)14-10/h1-4,10-12H,5-7H2. The molecule has 0 saturated carbocycles. The first-order chi connectivity index (χ1) is 6.90. The molecule has 1 heterocycles. The first kappa shape index (κ1) is 9.30. The van der Waals surface area contributed by atoms with E-state index in [1.165, 1.54) is 0 Å². The highest BCUT2D eigenvalue weighted by Gasteiger charge is 2.19. The largest absolute Gasteiger partial charge is 0.484 e. The Balaban J connectivity index is 1.99. The van der Waals surface area contributed by atoms with Gasteiger partial charge in [0.1, 0.15) is 6.61 Å². The number of aliphatic hydroxyl groups excluding tert-OH is 1. The van der Waals surface area contributed by atoms with Gasteiger partial charge in [0.05, 0.1) is 6.61 Å². The Morgan fingerprint density at radius 1 is 1.36 bits per heavy atom. The van der Waals surface area contributed by atoms with E-state index in [0.29, 0.717) is 13.2 Å². The summed E-state index contributed by atoms with van der Waals surface area (Å²) in [5, 5.41) is 11.6. The summed E-state index contributed by atoms with van der Waals surface area (Å²) in [6.45, 7) is 1.08. The Bertz CT molecular complexity index is 303. The lowest BCUT2D eigenvalue weighted by molar-refractivity contribution is 0.0630. The first-order valence-electron chi connectivity index (χ1n) is 4.63. The van der Waals surface area contributed by atoms with Crippen LogP contribution >= 0.6 is 0 Å². The van der Waals surface area contributed by atoms with Gasteiger partial charge < -0.3 is 14.6 Å². The number of nitrogens with one attached hydrogen (secondary N) is 1. The fourth-order valence-electron chi connectivity index (χ4n) is 1.35. The quantitative estimate of drug-likeness (QED) is 0.731. The number of ether oxygens (including phenoxy) is 2. The molecule has 0 fully saturated rings. The SMILES string of the molecule is OCCNC1COc2ccccc2O1. The molecule has 0 spiro atoms. The van der Waals surface area contributed by atoms with Crippen molar-refractivity contribution < 1.29 is 14.6 Å². The van der Waals surface area contributed by atoms with Crippen LogP contribution in [0.15, 0.2) is 24.3 Å². The van der Waals surface area contributed by atoms with Gasteiger partial charge in [0.15, 0.2) is 17.7 Å². The Labute approximate surface area is 82.5 Å². The van der Waals surface area contributed by atoms with Gasteiger partial charge in [-0.2, -0.15) is 0 Å². The average molecular weight is 195 g/mol. The molecular weight excluding hydrogens is 182 g/mol. The topological polar surface area (TPSA) is 50.7 Å². The van der Waals surface area contributed by atoms with Gasteiger partial charge in [-0.1, -0.05) is 12.1 Å². The number of aliphatic hydroxyl groups is 1. The minimum Gasteiger partial charge on any atom is -0.484 e. The van der Waals surface area contributed by atoms with Crippen molar-refractivity contribution in [3.05, 3.63) is 24.3 Å². The highest BCUT2D eigenvalue weighted by Crippen LogP contribution is 2.30. The second kappa shape index (κ2) is 4.30. The average Bonchev–Trinajstić information content (AvgIpc) is 2.26. The van der Waals surface area contributed by atoms with Crippen LogP contribution in [0, 0.1) is 0 Å². The van der Waals surface area contributed by atoms with Crippen LogP contribution in [0.2, 0.25) is 0 Å². The summed E-state index contributed by atoms with van der Waals surface area (Å²) in [5.74, 6) is 1.52. The molecule has 0 amide bonds. The second-order valence-electron chi connectivity index (χ2n) is 3.04. The van der Waals surface area contributed by atoms with Crippen LogP contribution in [-0.4, -0.2) is 31.1 Å². The molecule has 0 saturated heterocycles. The van der Waals surface area contributed by atoms with Crippen molar-refractivity contribution in [2.24, 2.45) is 0 Å². The highest BCUT2D eigenvalue weighted by molar-refractivity contribution is 5.40. The number of para-hydroxylation sites is 2. The Morgan fingerprint density at radius 2 is 2.14 bits per heavy atom. The van der Waals surface area contributed by atoms with E-state index in [4.69, 9.17) is 14.6 Å². The Hall–Kier alpha value is -1.26. The highest BCUT2D eigenvalue weighted by atomic mass is 16.6. The lowest BCUT2D eigenvalue weighted by Crippen LogP contribution is -2.43. The van der Waals surface area contributed by atoms with E-state index in [9.17, 15) is 0 Å². The van der Waals surface area contributed by atoms with Crippen LogP contribution in [0.3, 0.4) is 0 Å². The maximum absolute atomic E-state index is 8.63. The summed E-state index contributed by atoms with van der Waals surface area (Å²) in [5.41, 5.74) is 0. The molecule has 1 unspecified atom stereocenters. The fourth-order valence-corrected chi connectivity index (χ4v) is 1.35. The van der Waals surface area contributed by atoms with Crippen molar-refractivity contribution in [3.8, 4) is 11.5 Å². The molecule has 1 aliphatic rings. The third-order valence-corrected chi connectivity index (χ3v) is 1.99. The van der Waals surface area contributed by atoms with Crippen molar-refractivity contribution in [1.82, 2.24) is 5.32 Å². The maximum Gasteiger partial charge on any atom is 0.184 e. The van der Waals surface area contributed by atoms with E-state index >= 15 is 0 Å². The molecule has 1 atom stereocenters. The van der Waals surface area contributed by atoms with Crippen molar-refractivity contribution >= 4 is 0 Å². The predicted octanol–water partition coefficient (Wildman–Crippen LogP) is 0.366. The van der Waals surface area contributed by atoms with Crippen molar-refractivity contribution in [1.29, 1.82) is 0 Å². The molecule has 76 valence electrons. The maximum atomic E-state index is 8.63. The summed E-state index contributed by atoms with van der Waals surface area (Å²) in [6, 6.07) is 7.54. The van der Waals surface area contributed by atoms with Crippen LogP contribution in [0.4, 0.5) is 0 Å². The first-order valence-corrected chi connectivity index (χ1v) is 4.63. The summed E-state index contributed by atoms with van der Waals surface area (Å²) in [7, 11) is 0. The van der Waals surface area contributed by atoms with Crippen molar-refractivity contribution in [2.75, 3.05) is 19.8 Å². The minimum absolute atomic E-state index is 0.0987. The molecule has 14 heavy (non-hydrogen) atoms. The van der Waals surface area contributed by atoms with Gasteiger partial charge >= 0.3 is 0 Å². The number of hydrogen-bond acceptors (Lipinski definition) is 4. The van der Waals surface area contributed by atoms with Crippen LogP contribution in [0.5, 0.6) is 11.5 Å². The lowest BCUT2D eigenvalue weighted by Gasteiger charge is -2.26. The van der Waals surface area contributed by atoms with Crippen LogP contribution in [0.25, 0.3) is 0 Å². The van der Waals surface area contributed by atoms with Gasteiger partial charge in [0.2, 0.25) is 0 Å².